The van der Waals surface area contributed by atoms with Gasteiger partial charge < -0.3 is 4.74 Å². The van der Waals surface area contributed by atoms with Gasteiger partial charge in [0.05, 0.1) is 16.5 Å². The summed E-state index contributed by atoms with van der Waals surface area (Å²) in [5, 5.41) is 0.497. The SMILES string of the molecule is O=C(COC(=O)c1ccc2c(=O)n3c(nc2c1)CCCCC3)c1ccc(C2CCCCC2)cc1. The standard InChI is InChI=1S/C28H30N2O4/c31-25(21-12-10-20(11-13-21)19-7-3-1-4-8-19)18-34-28(33)22-14-15-23-24(17-22)29-26-9-5-2-6-16-30(26)27(23)32/h10-15,17,19H,1-9,16,18H2. The predicted molar refractivity (Wildman–Crippen MR) is 130 cm³/mol. The summed E-state index contributed by atoms with van der Waals surface area (Å²) in [6.07, 6.45) is 10.1. The van der Waals surface area contributed by atoms with Crippen LogP contribution in [0.1, 0.15) is 89.4 Å². The van der Waals surface area contributed by atoms with E-state index >= 15 is 0 Å². The van der Waals surface area contributed by atoms with Gasteiger partial charge >= 0.3 is 5.97 Å². The summed E-state index contributed by atoms with van der Waals surface area (Å²) in [6.45, 7) is 0.366. The van der Waals surface area contributed by atoms with E-state index < -0.39 is 5.97 Å². The monoisotopic (exact) mass is 458 g/mol. The Kier molecular flexibility index (Phi) is 6.57. The fourth-order valence-corrected chi connectivity index (χ4v) is 5.22. The zero-order chi connectivity index (χ0) is 23.5. The molecule has 6 heteroatoms. The van der Waals surface area contributed by atoms with Gasteiger partial charge in [0, 0.05) is 18.5 Å². The number of carbonyl (C=O) groups is 2. The number of esters is 1. The lowest BCUT2D eigenvalue weighted by Crippen LogP contribution is -2.24. The van der Waals surface area contributed by atoms with Crippen molar-refractivity contribution in [2.75, 3.05) is 6.61 Å². The molecule has 0 spiro atoms. The smallest absolute Gasteiger partial charge is 0.338 e. The molecule has 2 heterocycles. The molecule has 2 aromatic carbocycles. The Morgan fingerprint density at radius 3 is 2.44 bits per heavy atom. The summed E-state index contributed by atoms with van der Waals surface area (Å²) < 4.78 is 7.06. The van der Waals surface area contributed by atoms with Crippen LogP contribution < -0.4 is 5.56 Å². The molecule has 1 aliphatic heterocycles. The summed E-state index contributed by atoms with van der Waals surface area (Å²) in [4.78, 5) is 42.7. The summed E-state index contributed by atoms with van der Waals surface area (Å²) in [5.41, 5.74) is 2.55. The van der Waals surface area contributed by atoms with E-state index in [1.165, 1.54) is 37.7 Å². The number of hydrogen-bond acceptors (Lipinski definition) is 5. The van der Waals surface area contributed by atoms with Gasteiger partial charge in [-0.1, -0.05) is 49.9 Å². The normalized spacial score (nSPS) is 16.6. The molecule has 2 aliphatic rings. The van der Waals surface area contributed by atoms with Gasteiger partial charge in [0.2, 0.25) is 0 Å². The second-order valence-electron chi connectivity index (χ2n) is 9.48. The van der Waals surface area contributed by atoms with E-state index in [1.54, 1.807) is 22.8 Å². The maximum atomic E-state index is 12.9. The number of ether oxygens (including phenoxy) is 1. The predicted octanol–water partition coefficient (Wildman–Crippen LogP) is 5.21. The molecule has 1 saturated carbocycles. The minimum absolute atomic E-state index is 0.0614. The molecule has 0 atom stereocenters. The summed E-state index contributed by atoms with van der Waals surface area (Å²) >= 11 is 0. The minimum Gasteiger partial charge on any atom is -0.454 e. The summed E-state index contributed by atoms with van der Waals surface area (Å²) in [7, 11) is 0. The molecule has 0 radical (unpaired) electrons. The molecule has 0 N–H and O–H groups in total. The van der Waals surface area contributed by atoms with Crippen molar-refractivity contribution in [3.8, 4) is 0 Å². The Bertz CT molecular complexity index is 1270. The molecule has 5 rings (SSSR count). The molecule has 1 aromatic heterocycles. The first-order valence-electron chi connectivity index (χ1n) is 12.4. The number of nitrogens with zero attached hydrogens (tertiary/aromatic N) is 2. The van der Waals surface area contributed by atoms with Gasteiger partial charge in [-0.2, -0.15) is 0 Å². The van der Waals surface area contributed by atoms with Crippen molar-refractivity contribution < 1.29 is 14.3 Å². The van der Waals surface area contributed by atoms with Crippen LogP contribution in [0, 0.1) is 0 Å². The highest BCUT2D eigenvalue weighted by atomic mass is 16.5. The van der Waals surface area contributed by atoms with Crippen LogP contribution in [0.25, 0.3) is 10.9 Å². The highest BCUT2D eigenvalue weighted by Gasteiger charge is 2.18. The molecule has 176 valence electrons. The number of fused-ring (bicyclic) bond motifs is 2. The largest absolute Gasteiger partial charge is 0.454 e. The van der Waals surface area contributed by atoms with Gasteiger partial charge in [-0.05, 0) is 55.4 Å². The van der Waals surface area contributed by atoms with Gasteiger partial charge in [0.15, 0.2) is 12.4 Å². The van der Waals surface area contributed by atoms with Crippen molar-refractivity contribution >= 4 is 22.7 Å². The van der Waals surface area contributed by atoms with E-state index in [0.29, 0.717) is 34.5 Å². The zero-order valence-corrected chi connectivity index (χ0v) is 19.4. The number of aryl methyl sites for hydroxylation is 1. The van der Waals surface area contributed by atoms with Crippen LogP contribution in [-0.4, -0.2) is 27.9 Å². The molecule has 6 nitrogen and oxygen atoms in total. The van der Waals surface area contributed by atoms with Gasteiger partial charge in [-0.3, -0.25) is 14.2 Å². The van der Waals surface area contributed by atoms with Crippen LogP contribution in [0.4, 0.5) is 0 Å². The molecule has 0 bridgehead atoms. The molecule has 3 aromatic rings. The maximum absolute atomic E-state index is 12.9. The van der Waals surface area contributed by atoms with Crippen LogP contribution in [-0.2, 0) is 17.7 Å². The Morgan fingerprint density at radius 2 is 1.65 bits per heavy atom. The molecule has 1 aliphatic carbocycles. The first-order valence-corrected chi connectivity index (χ1v) is 12.4. The lowest BCUT2D eigenvalue weighted by Gasteiger charge is -2.22. The number of Topliss-reactive ketones (excluding diaryl/α,β-unsaturated/α-hetero) is 1. The fourth-order valence-electron chi connectivity index (χ4n) is 5.22. The van der Waals surface area contributed by atoms with E-state index in [1.807, 2.05) is 24.3 Å². The average Bonchev–Trinajstić information content (AvgIpc) is 3.13. The lowest BCUT2D eigenvalue weighted by molar-refractivity contribution is 0.0475. The van der Waals surface area contributed by atoms with Crippen molar-refractivity contribution in [1.82, 2.24) is 9.55 Å². The quantitative estimate of drug-likeness (QED) is 0.387. The highest BCUT2D eigenvalue weighted by molar-refractivity contribution is 6.00. The first-order chi connectivity index (χ1) is 16.6. The maximum Gasteiger partial charge on any atom is 0.338 e. The zero-order valence-electron chi connectivity index (χ0n) is 19.4. The number of aromatic nitrogens is 2. The Hall–Kier alpha value is -3.28. The van der Waals surface area contributed by atoms with Crippen molar-refractivity contribution in [3.63, 3.8) is 0 Å². The van der Waals surface area contributed by atoms with Crippen molar-refractivity contribution in [2.24, 2.45) is 0 Å². The second-order valence-corrected chi connectivity index (χ2v) is 9.48. The summed E-state index contributed by atoms with van der Waals surface area (Å²) in [6, 6.07) is 12.5. The number of hydrogen-bond donors (Lipinski definition) is 0. The van der Waals surface area contributed by atoms with Crippen LogP contribution in [0.2, 0.25) is 0 Å². The van der Waals surface area contributed by atoms with Crippen LogP contribution >= 0.6 is 0 Å². The van der Waals surface area contributed by atoms with Crippen LogP contribution in [0.15, 0.2) is 47.3 Å². The van der Waals surface area contributed by atoms with E-state index in [4.69, 9.17) is 4.74 Å². The van der Waals surface area contributed by atoms with E-state index in [2.05, 4.69) is 4.98 Å². The minimum atomic E-state index is -0.592. The van der Waals surface area contributed by atoms with E-state index in [0.717, 1.165) is 31.5 Å². The Labute approximate surface area is 199 Å². The van der Waals surface area contributed by atoms with Crippen LogP contribution in [0.5, 0.6) is 0 Å². The Balaban J connectivity index is 1.26. The van der Waals surface area contributed by atoms with Gasteiger partial charge in [-0.15, -0.1) is 0 Å². The topological polar surface area (TPSA) is 78.3 Å². The third kappa shape index (κ3) is 4.67. The third-order valence-electron chi connectivity index (χ3n) is 7.20. The van der Waals surface area contributed by atoms with Crippen molar-refractivity contribution in [2.45, 2.75) is 70.3 Å². The number of carbonyl (C=O) groups excluding carboxylic acids is 2. The van der Waals surface area contributed by atoms with Crippen molar-refractivity contribution in [3.05, 3.63) is 75.3 Å². The van der Waals surface area contributed by atoms with Crippen LogP contribution in [0.3, 0.4) is 0 Å². The molecule has 1 fully saturated rings. The molecule has 34 heavy (non-hydrogen) atoms. The van der Waals surface area contributed by atoms with Gasteiger partial charge in [0.1, 0.15) is 5.82 Å². The second kappa shape index (κ2) is 9.92. The molecule has 0 amide bonds. The summed E-state index contributed by atoms with van der Waals surface area (Å²) in [5.74, 6) is 0.532. The fraction of sp³-hybridized carbons (Fsp3) is 0.429. The van der Waals surface area contributed by atoms with Gasteiger partial charge in [0.25, 0.3) is 5.56 Å². The third-order valence-corrected chi connectivity index (χ3v) is 7.20. The number of benzene rings is 2. The first kappa shape index (κ1) is 22.5. The van der Waals surface area contributed by atoms with Gasteiger partial charge in [-0.25, -0.2) is 9.78 Å². The van der Waals surface area contributed by atoms with Crippen molar-refractivity contribution in [1.29, 1.82) is 0 Å². The number of rotatable bonds is 5. The highest BCUT2D eigenvalue weighted by Crippen LogP contribution is 2.32. The molecular formula is C28H30N2O4. The number of ketones is 1. The van der Waals surface area contributed by atoms with E-state index in [-0.39, 0.29) is 17.9 Å². The molecule has 0 saturated heterocycles. The Morgan fingerprint density at radius 1 is 0.912 bits per heavy atom. The molecule has 0 unspecified atom stereocenters. The van der Waals surface area contributed by atoms with E-state index in [9.17, 15) is 14.4 Å². The average molecular weight is 459 g/mol. The molecular weight excluding hydrogens is 428 g/mol. The lowest BCUT2D eigenvalue weighted by atomic mass is 9.84.